The Hall–Kier alpha value is -0.770. The van der Waals surface area contributed by atoms with Crippen molar-refractivity contribution in [1.82, 2.24) is 0 Å². The van der Waals surface area contributed by atoms with E-state index in [1.165, 1.54) is 0 Å². The first-order valence-electron chi connectivity index (χ1n) is 4.82. The van der Waals surface area contributed by atoms with Crippen molar-refractivity contribution in [3.8, 4) is 0 Å². The van der Waals surface area contributed by atoms with E-state index in [1.54, 1.807) is 25.1 Å². The highest BCUT2D eigenvalue weighted by Crippen LogP contribution is 2.25. The van der Waals surface area contributed by atoms with Gasteiger partial charge in [-0.05, 0) is 30.7 Å². The van der Waals surface area contributed by atoms with E-state index >= 15 is 0 Å². The molecule has 0 aliphatic rings. The summed E-state index contributed by atoms with van der Waals surface area (Å²) in [5.41, 5.74) is 0.505. The lowest BCUT2D eigenvalue weighted by Crippen LogP contribution is -2.10. The maximum Gasteiger partial charge on any atom is 0.308 e. The molecular weight excluding hydrogens is 251 g/mol. The number of carbonyl (C=O) groups excluding carboxylic acids is 1. The van der Waals surface area contributed by atoms with Crippen LogP contribution in [0.2, 0.25) is 10.0 Å². The number of rotatable bonds is 4. The smallest absolute Gasteiger partial charge is 0.308 e. The predicted octanol–water partition coefficient (Wildman–Crippen LogP) is 2.98. The van der Waals surface area contributed by atoms with Gasteiger partial charge in [0.25, 0.3) is 0 Å². The van der Waals surface area contributed by atoms with Gasteiger partial charge in [-0.15, -0.1) is 0 Å². The standard InChI is InChI=1S/C11H12Cl2O3/c1-2-16-11(15)6-10(14)7-3-8(12)5-9(13)4-7/h3-5,10,14H,2,6H2,1H3. The average Bonchev–Trinajstić information content (AvgIpc) is 2.16. The van der Waals surface area contributed by atoms with Gasteiger partial charge in [0.15, 0.2) is 0 Å². The molecule has 1 aromatic carbocycles. The van der Waals surface area contributed by atoms with Crippen molar-refractivity contribution >= 4 is 29.2 Å². The number of halogens is 2. The number of aliphatic hydroxyl groups is 1. The van der Waals surface area contributed by atoms with Gasteiger partial charge in [0.1, 0.15) is 0 Å². The molecular formula is C11H12Cl2O3. The Balaban J connectivity index is 2.72. The van der Waals surface area contributed by atoms with Crippen molar-refractivity contribution in [2.24, 2.45) is 0 Å². The highest BCUT2D eigenvalue weighted by atomic mass is 35.5. The van der Waals surface area contributed by atoms with E-state index in [1.807, 2.05) is 0 Å². The van der Waals surface area contributed by atoms with E-state index in [4.69, 9.17) is 27.9 Å². The molecule has 0 heterocycles. The minimum absolute atomic E-state index is 0.107. The van der Waals surface area contributed by atoms with E-state index in [2.05, 4.69) is 0 Å². The number of esters is 1. The quantitative estimate of drug-likeness (QED) is 0.849. The summed E-state index contributed by atoms with van der Waals surface area (Å²) in [6.45, 7) is 2.00. The molecule has 0 fully saturated rings. The number of ether oxygens (including phenoxy) is 1. The summed E-state index contributed by atoms with van der Waals surface area (Å²) in [6, 6.07) is 4.69. The fourth-order valence-corrected chi connectivity index (χ4v) is 1.81. The molecule has 0 aliphatic heterocycles. The van der Waals surface area contributed by atoms with Gasteiger partial charge < -0.3 is 9.84 Å². The Morgan fingerprint density at radius 2 is 1.94 bits per heavy atom. The van der Waals surface area contributed by atoms with Gasteiger partial charge in [0.05, 0.1) is 19.1 Å². The summed E-state index contributed by atoms with van der Waals surface area (Å²) >= 11 is 11.6. The Bertz CT molecular complexity index is 359. The van der Waals surface area contributed by atoms with Gasteiger partial charge in [-0.25, -0.2) is 0 Å². The highest BCUT2D eigenvalue weighted by molar-refractivity contribution is 6.34. The van der Waals surface area contributed by atoms with Crippen LogP contribution in [0.25, 0.3) is 0 Å². The second kappa shape index (κ2) is 6.09. The number of hydrogen-bond acceptors (Lipinski definition) is 3. The normalized spacial score (nSPS) is 12.2. The second-order valence-electron chi connectivity index (χ2n) is 3.23. The first kappa shape index (κ1) is 13.3. The topological polar surface area (TPSA) is 46.5 Å². The number of benzene rings is 1. The average molecular weight is 263 g/mol. The van der Waals surface area contributed by atoms with Crippen molar-refractivity contribution in [2.75, 3.05) is 6.61 Å². The minimum atomic E-state index is -0.949. The number of hydrogen-bond donors (Lipinski definition) is 1. The fourth-order valence-electron chi connectivity index (χ4n) is 1.26. The molecule has 0 bridgehead atoms. The molecule has 0 spiro atoms. The van der Waals surface area contributed by atoms with E-state index in [0.29, 0.717) is 22.2 Å². The Morgan fingerprint density at radius 1 is 1.38 bits per heavy atom. The summed E-state index contributed by atoms with van der Waals surface area (Å²) < 4.78 is 4.73. The molecule has 0 saturated heterocycles. The Kier molecular flexibility index (Phi) is 5.06. The lowest BCUT2D eigenvalue weighted by atomic mass is 10.1. The van der Waals surface area contributed by atoms with Crippen molar-refractivity contribution in [2.45, 2.75) is 19.4 Å². The largest absolute Gasteiger partial charge is 0.466 e. The van der Waals surface area contributed by atoms with Crippen LogP contribution < -0.4 is 0 Å². The molecule has 1 aromatic rings. The molecule has 1 unspecified atom stereocenters. The van der Waals surface area contributed by atoms with Crippen LogP contribution in [0.5, 0.6) is 0 Å². The van der Waals surface area contributed by atoms with E-state index in [9.17, 15) is 9.90 Å². The first-order valence-corrected chi connectivity index (χ1v) is 5.58. The molecule has 0 aliphatic carbocycles. The SMILES string of the molecule is CCOC(=O)CC(O)c1cc(Cl)cc(Cl)c1. The molecule has 0 amide bonds. The summed E-state index contributed by atoms with van der Waals surface area (Å²) in [7, 11) is 0. The van der Waals surface area contributed by atoms with Gasteiger partial charge in [0, 0.05) is 10.0 Å². The monoisotopic (exact) mass is 262 g/mol. The summed E-state index contributed by atoms with van der Waals surface area (Å²) in [5.74, 6) is -0.453. The van der Waals surface area contributed by atoms with Crippen LogP contribution >= 0.6 is 23.2 Å². The molecule has 0 saturated carbocycles. The summed E-state index contributed by atoms with van der Waals surface area (Å²) in [5, 5.41) is 10.6. The van der Waals surface area contributed by atoms with Crippen LogP contribution in [0, 0.1) is 0 Å². The zero-order chi connectivity index (χ0) is 12.1. The first-order chi connectivity index (χ1) is 7.52. The predicted molar refractivity (Wildman–Crippen MR) is 62.7 cm³/mol. The molecule has 0 aromatic heterocycles. The van der Waals surface area contributed by atoms with Crippen molar-refractivity contribution in [3.05, 3.63) is 33.8 Å². The lowest BCUT2D eigenvalue weighted by Gasteiger charge is -2.11. The molecule has 88 valence electrons. The van der Waals surface area contributed by atoms with E-state index < -0.39 is 12.1 Å². The third-order valence-corrected chi connectivity index (χ3v) is 2.37. The van der Waals surface area contributed by atoms with Gasteiger partial charge in [-0.1, -0.05) is 23.2 Å². The maximum atomic E-state index is 11.1. The molecule has 0 radical (unpaired) electrons. The van der Waals surface area contributed by atoms with Gasteiger partial charge in [0.2, 0.25) is 0 Å². The molecule has 1 N–H and O–H groups in total. The van der Waals surface area contributed by atoms with E-state index in [0.717, 1.165) is 0 Å². The lowest BCUT2D eigenvalue weighted by molar-refractivity contribution is -0.145. The number of aliphatic hydroxyl groups excluding tert-OH is 1. The van der Waals surface area contributed by atoms with Gasteiger partial charge in [-0.2, -0.15) is 0 Å². The zero-order valence-corrected chi connectivity index (χ0v) is 10.3. The third-order valence-electron chi connectivity index (χ3n) is 1.93. The summed E-state index contributed by atoms with van der Waals surface area (Å²) in [4.78, 5) is 11.1. The van der Waals surface area contributed by atoms with Gasteiger partial charge in [-0.3, -0.25) is 4.79 Å². The van der Waals surface area contributed by atoms with Crippen molar-refractivity contribution < 1.29 is 14.6 Å². The second-order valence-corrected chi connectivity index (χ2v) is 4.10. The number of carbonyl (C=O) groups is 1. The van der Waals surface area contributed by atoms with Crippen LogP contribution in [0.1, 0.15) is 25.0 Å². The summed E-state index contributed by atoms with van der Waals surface area (Å²) in [6.07, 6.45) is -1.06. The Labute approximate surface area is 104 Å². The third kappa shape index (κ3) is 4.00. The van der Waals surface area contributed by atoms with E-state index in [-0.39, 0.29) is 6.42 Å². The molecule has 3 nitrogen and oxygen atoms in total. The van der Waals surface area contributed by atoms with Crippen LogP contribution in [0.3, 0.4) is 0 Å². The fraction of sp³-hybridized carbons (Fsp3) is 0.364. The molecule has 1 rings (SSSR count). The Morgan fingerprint density at radius 3 is 2.44 bits per heavy atom. The minimum Gasteiger partial charge on any atom is -0.466 e. The van der Waals surface area contributed by atoms with Crippen molar-refractivity contribution in [1.29, 1.82) is 0 Å². The van der Waals surface area contributed by atoms with Crippen LogP contribution in [0.4, 0.5) is 0 Å². The van der Waals surface area contributed by atoms with Crippen LogP contribution in [-0.2, 0) is 9.53 Å². The van der Waals surface area contributed by atoms with Crippen LogP contribution in [0.15, 0.2) is 18.2 Å². The van der Waals surface area contributed by atoms with Gasteiger partial charge >= 0.3 is 5.97 Å². The van der Waals surface area contributed by atoms with Crippen molar-refractivity contribution in [3.63, 3.8) is 0 Å². The zero-order valence-electron chi connectivity index (χ0n) is 8.74. The molecule has 16 heavy (non-hydrogen) atoms. The maximum absolute atomic E-state index is 11.1. The highest BCUT2D eigenvalue weighted by Gasteiger charge is 2.14. The molecule has 5 heteroatoms. The van der Waals surface area contributed by atoms with Crippen LogP contribution in [-0.4, -0.2) is 17.7 Å². The molecule has 1 atom stereocenters.